The SMILES string of the molecule is CC(N)N=CC(=NCc1nc2ccccc2[nH]1)c1cccc(S(C)(=O)=O)c1. The Bertz CT molecular complexity index is 1080. The van der Waals surface area contributed by atoms with Gasteiger partial charge in [-0.25, -0.2) is 13.4 Å². The first-order valence-corrected chi connectivity index (χ1v) is 10.3. The van der Waals surface area contributed by atoms with E-state index in [1.54, 1.807) is 37.4 Å². The van der Waals surface area contributed by atoms with Gasteiger partial charge in [-0.15, -0.1) is 0 Å². The minimum atomic E-state index is -3.32. The van der Waals surface area contributed by atoms with Gasteiger partial charge in [0.25, 0.3) is 0 Å². The van der Waals surface area contributed by atoms with Crippen LogP contribution in [0, 0.1) is 0 Å². The summed E-state index contributed by atoms with van der Waals surface area (Å²) in [5, 5.41) is 0. The molecule has 1 aromatic heterocycles. The molecule has 3 rings (SSSR count). The number of aromatic amines is 1. The largest absolute Gasteiger partial charge is 0.340 e. The van der Waals surface area contributed by atoms with Crippen LogP contribution in [0.2, 0.25) is 0 Å². The maximum atomic E-state index is 11.8. The molecule has 1 unspecified atom stereocenters. The summed E-state index contributed by atoms with van der Waals surface area (Å²) >= 11 is 0. The quantitative estimate of drug-likeness (QED) is 0.636. The fraction of sp³-hybridized carbons (Fsp3) is 0.211. The molecule has 0 saturated carbocycles. The van der Waals surface area contributed by atoms with Crippen LogP contribution in [0.15, 0.2) is 63.4 Å². The average Bonchev–Trinajstić information content (AvgIpc) is 3.04. The van der Waals surface area contributed by atoms with E-state index >= 15 is 0 Å². The third kappa shape index (κ3) is 4.87. The summed E-state index contributed by atoms with van der Waals surface area (Å²) in [6, 6.07) is 14.3. The Hall–Kier alpha value is -2.84. The number of hydrogen-bond acceptors (Lipinski definition) is 6. The number of fused-ring (bicyclic) bond motifs is 1. The number of hydrogen-bond donors (Lipinski definition) is 2. The second-order valence-corrected chi connectivity index (χ2v) is 8.24. The van der Waals surface area contributed by atoms with Gasteiger partial charge in [-0.3, -0.25) is 9.98 Å². The van der Waals surface area contributed by atoms with E-state index < -0.39 is 9.84 Å². The highest BCUT2D eigenvalue weighted by Gasteiger charge is 2.10. The first-order valence-electron chi connectivity index (χ1n) is 8.40. The van der Waals surface area contributed by atoms with Crippen molar-refractivity contribution in [1.29, 1.82) is 0 Å². The number of nitrogens with two attached hydrogens (primary N) is 1. The van der Waals surface area contributed by atoms with Gasteiger partial charge in [-0.2, -0.15) is 0 Å². The van der Waals surface area contributed by atoms with E-state index in [-0.39, 0.29) is 11.1 Å². The van der Waals surface area contributed by atoms with Crippen molar-refractivity contribution in [2.45, 2.75) is 24.5 Å². The van der Waals surface area contributed by atoms with E-state index in [9.17, 15) is 8.42 Å². The van der Waals surface area contributed by atoms with Crippen LogP contribution in [0.3, 0.4) is 0 Å². The number of nitrogens with zero attached hydrogens (tertiary/aromatic N) is 3. The molecule has 0 saturated heterocycles. The second-order valence-electron chi connectivity index (χ2n) is 6.22. The molecule has 0 aliphatic rings. The lowest BCUT2D eigenvalue weighted by Gasteiger charge is -2.05. The van der Waals surface area contributed by atoms with Crippen LogP contribution in [0.1, 0.15) is 18.3 Å². The van der Waals surface area contributed by atoms with Crippen molar-refractivity contribution in [2.24, 2.45) is 15.7 Å². The van der Waals surface area contributed by atoms with Crippen LogP contribution in [-0.4, -0.2) is 42.7 Å². The van der Waals surface area contributed by atoms with Gasteiger partial charge in [-0.05, 0) is 31.2 Å². The number of H-pyrrole nitrogens is 1. The van der Waals surface area contributed by atoms with Crippen LogP contribution in [0.4, 0.5) is 0 Å². The zero-order valence-corrected chi connectivity index (χ0v) is 15.9. The van der Waals surface area contributed by atoms with E-state index in [1.807, 2.05) is 24.3 Å². The normalized spacial score (nSPS) is 14.1. The molecule has 0 spiro atoms. The van der Waals surface area contributed by atoms with E-state index in [2.05, 4.69) is 20.0 Å². The Morgan fingerprint density at radius 3 is 2.74 bits per heavy atom. The Balaban J connectivity index is 1.96. The summed E-state index contributed by atoms with van der Waals surface area (Å²) in [6.45, 7) is 2.05. The summed E-state index contributed by atoms with van der Waals surface area (Å²) in [7, 11) is -3.32. The van der Waals surface area contributed by atoms with E-state index in [1.165, 1.54) is 6.26 Å². The Morgan fingerprint density at radius 1 is 1.26 bits per heavy atom. The van der Waals surface area contributed by atoms with E-state index in [0.29, 0.717) is 23.6 Å². The molecule has 0 bridgehead atoms. The number of sulfone groups is 1. The molecule has 0 radical (unpaired) electrons. The topological polar surface area (TPSA) is 114 Å². The van der Waals surface area contributed by atoms with Crippen LogP contribution < -0.4 is 5.73 Å². The predicted octanol–water partition coefficient (Wildman–Crippen LogP) is 2.33. The molecule has 3 aromatic rings. The monoisotopic (exact) mass is 383 g/mol. The molecule has 0 fully saturated rings. The predicted molar refractivity (Wildman–Crippen MR) is 108 cm³/mol. The minimum Gasteiger partial charge on any atom is -0.340 e. The van der Waals surface area contributed by atoms with Crippen LogP contribution in [0.5, 0.6) is 0 Å². The molecule has 7 nitrogen and oxygen atoms in total. The molecule has 1 heterocycles. The molecule has 0 aliphatic carbocycles. The summed E-state index contributed by atoms with van der Waals surface area (Å²) in [4.78, 5) is 16.7. The molecule has 8 heteroatoms. The van der Waals surface area contributed by atoms with Crippen LogP contribution in [0.25, 0.3) is 11.0 Å². The van der Waals surface area contributed by atoms with Crippen molar-refractivity contribution in [3.63, 3.8) is 0 Å². The van der Waals surface area contributed by atoms with Gasteiger partial charge in [0, 0.05) is 18.0 Å². The summed E-state index contributed by atoms with van der Waals surface area (Å²) < 4.78 is 23.7. The van der Waals surface area contributed by atoms with E-state index in [4.69, 9.17) is 5.73 Å². The smallest absolute Gasteiger partial charge is 0.175 e. The highest BCUT2D eigenvalue weighted by Crippen LogP contribution is 2.14. The molecular weight excluding hydrogens is 362 g/mol. The molecular formula is C19H21N5O2S. The lowest BCUT2D eigenvalue weighted by molar-refractivity contribution is 0.602. The summed E-state index contributed by atoms with van der Waals surface area (Å²) in [6.07, 6.45) is 2.35. The number of benzene rings is 2. The number of aliphatic imine (C=N–C) groups is 2. The highest BCUT2D eigenvalue weighted by atomic mass is 32.2. The van der Waals surface area contributed by atoms with Crippen molar-refractivity contribution in [2.75, 3.05) is 6.26 Å². The van der Waals surface area contributed by atoms with Crippen molar-refractivity contribution in [1.82, 2.24) is 9.97 Å². The molecule has 3 N–H and O–H groups in total. The third-order valence-corrected chi connectivity index (χ3v) is 4.94. The molecule has 27 heavy (non-hydrogen) atoms. The van der Waals surface area contributed by atoms with Gasteiger partial charge in [0.05, 0.1) is 34.4 Å². The fourth-order valence-corrected chi connectivity index (χ4v) is 3.19. The van der Waals surface area contributed by atoms with Crippen molar-refractivity contribution < 1.29 is 8.42 Å². The standard InChI is InChI=1S/C19H21N5O2S/c1-13(20)21-11-18(14-6-5-7-15(10-14)27(2,25)26)22-12-19-23-16-8-3-4-9-17(16)24-19/h3-11,13H,12,20H2,1-2H3,(H,23,24). The number of imidazole rings is 1. The third-order valence-electron chi connectivity index (χ3n) is 3.83. The number of rotatable bonds is 6. The molecule has 0 aliphatic heterocycles. The average molecular weight is 383 g/mol. The zero-order chi connectivity index (χ0) is 19.4. The molecule has 140 valence electrons. The Kier molecular flexibility index (Phi) is 5.48. The Labute approximate surface area is 158 Å². The first kappa shape index (κ1) is 18.9. The Morgan fingerprint density at radius 2 is 2.04 bits per heavy atom. The van der Waals surface area contributed by atoms with Crippen LogP contribution >= 0.6 is 0 Å². The van der Waals surface area contributed by atoms with Crippen molar-refractivity contribution >= 4 is 32.8 Å². The van der Waals surface area contributed by atoms with Gasteiger partial charge >= 0.3 is 0 Å². The lowest BCUT2D eigenvalue weighted by Crippen LogP contribution is -2.14. The van der Waals surface area contributed by atoms with Gasteiger partial charge in [0.2, 0.25) is 0 Å². The van der Waals surface area contributed by atoms with Crippen molar-refractivity contribution in [3.05, 3.63) is 59.9 Å². The van der Waals surface area contributed by atoms with Crippen molar-refractivity contribution in [3.8, 4) is 0 Å². The number of para-hydroxylation sites is 2. The number of nitrogens with one attached hydrogen (secondary N) is 1. The minimum absolute atomic E-state index is 0.227. The zero-order valence-electron chi connectivity index (χ0n) is 15.1. The maximum absolute atomic E-state index is 11.8. The molecule has 2 aromatic carbocycles. The highest BCUT2D eigenvalue weighted by molar-refractivity contribution is 7.90. The van der Waals surface area contributed by atoms with Gasteiger partial charge < -0.3 is 10.7 Å². The lowest BCUT2D eigenvalue weighted by atomic mass is 10.1. The fourth-order valence-electron chi connectivity index (χ4n) is 2.52. The van der Waals surface area contributed by atoms with Gasteiger partial charge in [0.1, 0.15) is 5.82 Å². The molecule has 1 atom stereocenters. The molecule has 0 amide bonds. The maximum Gasteiger partial charge on any atom is 0.175 e. The van der Waals surface area contributed by atoms with Crippen LogP contribution in [-0.2, 0) is 16.4 Å². The van der Waals surface area contributed by atoms with E-state index in [0.717, 1.165) is 11.0 Å². The summed E-state index contributed by atoms with van der Waals surface area (Å²) in [5.41, 5.74) is 8.71. The van der Waals surface area contributed by atoms with Gasteiger partial charge in [-0.1, -0.05) is 24.3 Å². The number of aromatic nitrogens is 2. The van der Waals surface area contributed by atoms with Gasteiger partial charge in [0.15, 0.2) is 9.84 Å². The summed E-state index contributed by atoms with van der Waals surface area (Å²) in [5.74, 6) is 0.710. The second kappa shape index (κ2) is 7.81. The first-order chi connectivity index (χ1) is 12.8.